The van der Waals surface area contributed by atoms with Crippen LogP contribution in [-0.2, 0) is 24.0 Å². The molecule has 0 fully saturated rings. The Labute approximate surface area is 182 Å². The summed E-state index contributed by atoms with van der Waals surface area (Å²) in [6.45, 7) is 2.62. The highest BCUT2D eigenvalue weighted by Crippen LogP contribution is 2.13. The smallest absolute Gasteiger partial charge is 0.125 e. The normalized spacial score (nSPS) is 14.2. The lowest BCUT2D eigenvalue weighted by molar-refractivity contribution is 0.214. The lowest BCUT2D eigenvalue weighted by Crippen LogP contribution is -2.50. The second-order valence-electron chi connectivity index (χ2n) is 7.49. The van der Waals surface area contributed by atoms with Crippen molar-refractivity contribution >= 4 is 11.0 Å². The van der Waals surface area contributed by atoms with E-state index < -0.39 is 11.0 Å². The van der Waals surface area contributed by atoms with Crippen molar-refractivity contribution in [3.63, 3.8) is 0 Å². The molecule has 0 saturated carbocycles. The van der Waals surface area contributed by atoms with Gasteiger partial charge >= 0.3 is 0 Å². The van der Waals surface area contributed by atoms with Crippen LogP contribution < -0.4 is 10.0 Å². The van der Waals surface area contributed by atoms with Crippen molar-refractivity contribution in [2.75, 3.05) is 6.61 Å². The van der Waals surface area contributed by atoms with E-state index in [9.17, 15) is 9.32 Å². The summed E-state index contributed by atoms with van der Waals surface area (Å²) < 4.78 is 16.2. The topological polar surface area (TPSA) is 61.4 Å². The minimum absolute atomic E-state index is 0.0373. The van der Waals surface area contributed by atoms with Crippen molar-refractivity contribution in [3.05, 3.63) is 102 Å². The molecule has 3 aromatic carbocycles. The predicted octanol–water partition coefficient (Wildman–Crippen LogP) is 3.76. The van der Waals surface area contributed by atoms with Crippen LogP contribution >= 0.6 is 0 Å². The molecular formula is C25H30N2O2S. The van der Waals surface area contributed by atoms with Gasteiger partial charge in [-0.3, -0.25) is 0 Å². The van der Waals surface area contributed by atoms with Gasteiger partial charge in [-0.2, -0.15) is 0 Å². The van der Waals surface area contributed by atoms with E-state index in [-0.39, 0.29) is 18.7 Å². The maximum Gasteiger partial charge on any atom is 0.125 e. The van der Waals surface area contributed by atoms with Gasteiger partial charge in [-0.15, -0.1) is 0 Å². The molecule has 0 bridgehead atoms. The molecule has 0 saturated heterocycles. The van der Waals surface area contributed by atoms with Gasteiger partial charge < -0.3 is 10.4 Å². The number of aliphatic hydroxyl groups excluding tert-OH is 1. The number of benzene rings is 3. The average Bonchev–Trinajstić information content (AvgIpc) is 2.79. The maximum atomic E-state index is 13.0. The molecule has 5 heteroatoms. The van der Waals surface area contributed by atoms with Gasteiger partial charge in [-0.1, -0.05) is 78.4 Å². The molecule has 3 rings (SSSR count). The molecule has 0 aliphatic carbocycles. The Kier molecular flexibility index (Phi) is 8.78. The van der Waals surface area contributed by atoms with E-state index in [1.54, 1.807) is 0 Å². The van der Waals surface area contributed by atoms with Gasteiger partial charge in [0, 0.05) is 18.6 Å². The van der Waals surface area contributed by atoms with E-state index in [4.69, 9.17) is 0 Å². The first kappa shape index (κ1) is 22.4. The molecule has 0 spiro atoms. The molecular weight excluding hydrogens is 392 g/mol. The van der Waals surface area contributed by atoms with Crippen LogP contribution in [0.2, 0.25) is 0 Å². The van der Waals surface area contributed by atoms with E-state index in [1.807, 2.05) is 67.6 Å². The average molecular weight is 423 g/mol. The van der Waals surface area contributed by atoms with Crippen molar-refractivity contribution < 1.29 is 9.32 Å². The zero-order valence-corrected chi connectivity index (χ0v) is 18.1. The SMILES string of the molecule is Cc1ccc(S(=O)N[C@H](CCc2ccccc2)[C@@H](CO)NCc2ccccc2)cc1. The fraction of sp³-hybridized carbons (Fsp3) is 0.280. The molecule has 0 aliphatic rings. The Morgan fingerprint density at radius 3 is 2.03 bits per heavy atom. The summed E-state index contributed by atoms with van der Waals surface area (Å²) in [5.41, 5.74) is 3.51. The van der Waals surface area contributed by atoms with Gasteiger partial charge in [-0.25, -0.2) is 8.93 Å². The minimum atomic E-state index is -1.35. The fourth-order valence-corrected chi connectivity index (χ4v) is 4.43. The van der Waals surface area contributed by atoms with Gasteiger partial charge in [0.15, 0.2) is 0 Å². The van der Waals surface area contributed by atoms with Crippen LogP contribution in [0.1, 0.15) is 23.1 Å². The summed E-state index contributed by atoms with van der Waals surface area (Å²) in [4.78, 5) is 0.741. The molecule has 0 amide bonds. The first-order chi connectivity index (χ1) is 14.7. The highest BCUT2D eigenvalue weighted by molar-refractivity contribution is 7.83. The Hall–Kier alpha value is -2.31. The maximum absolute atomic E-state index is 13.0. The molecule has 0 heterocycles. The summed E-state index contributed by atoms with van der Waals surface area (Å²) in [6, 6.07) is 27.7. The third kappa shape index (κ3) is 6.89. The molecule has 0 radical (unpaired) electrons. The van der Waals surface area contributed by atoms with Crippen molar-refractivity contribution in [1.82, 2.24) is 10.0 Å². The van der Waals surface area contributed by atoms with Crippen LogP contribution in [0.3, 0.4) is 0 Å². The second kappa shape index (κ2) is 11.8. The molecule has 158 valence electrons. The summed E-state index contributed by atoms with van der Waals surface area (Å²) in [5.74, 6) is 0. The zero-order chi connectivity index (χ0) is 21.2. The number of hydrogen-bond donors (Lipinski definition) is 3. The molecule has 3 atom stereocenters. The molecule has 0 aromatic heterocycles. The Balaban J connectivity index is 1.70. The Bertz CT molecular complexity index is 901. The molecule has 1 unspecified atom stereocenters. The lowest BCUT2D eigenvalue weighted by Gasteiger charge is -2.27. The number of rotatable bonds is 11. The van der Waals surface area contributed by atoms with E-state index in [2.05, 4.69) is 34.3 Å². The standard InChI is InChI=1S/C25H30N2O2S/c1-20-12-15-23(16-13-20)30(29)27-24(17-14-21-8-4-2-5-9-21)25(19-28)26-18-22-10-6-3-7-11-22/h2-13,15-16,24-28H,14,17-19H2,1H3/t24-,25-,30?/m1/s1. The van der Waals surface area contributed by atoms with Crippen molar-refractivity contribution in [3.8, 4) is 0 Å². The predicted molar refractivity (Wildman–Crippen MR) is 123 cm³/mol. The van der Waals surface area contributed by atoms with E-state index in [0.29, 0.717) is 6.54 Å². The van der Waals surface area contributed by atoms with Crippen LogP contribution in [0.25, 0.3) is 0 Å². The van der Waals surface area contributed by atoms with E-state index >= 15 is 0 Å². The van der Waals surface area contributed by atoms with Gasteiger partial charge in [-0.05, 0) is 43.0 Å². The van der Waals surface area contributed by atoms with Crippen molar-refractivity contribution in [1.29, 1.82) is 0 Å². The van der Waals surface area contributed by atoms with Gasteiger partial charge in [0.1, 0.15) is 11.0 Å². The van der Waals surface area contributed by atoms with Crippen LogP contribution in [0.4, 0.5) is 0 Å². The van der Waals surface area contributed by atoms with Gasteiger partial charge in [0.05, 0.1) is 11.5 Å². The zero-order valence-electron chi connectivity index (χ0n) is 17.3. The highest BCUT2D eigenvalue weighted by atomic mass is 32.2. The molecule has 3 aromatic rings. The molecule has 30 heavy (non-hydrogen) atoms. The quantitative estimate of drug-likeness (QED) is 0.441. The van der Waals surface area contributed by atoms with Crippen molar-refractivity contribution in [2.45, 2.75) is 43.3 Å². The highest BCUT2D eigenvalue weighted by Gasteiger charge is 2.23. The van der Waals surface area contributed by atoms with E-state index in [0.717, 1.165) is 28.9 Å². The van der Waals surface area contributed by atoms with Crippen LogP contribution in [0, 0.1) is 6.92 Å². The third-order valence-corrected chi connectivity index (χ3v) is 6.39. The van der Waals surface area contributed by atoms with Crippen LogP contribution in [0.15, 0.2) is 89.8 Å². The molecule has 4 nitrogen and oxygen atoms in total. The second-order valence-corrected chi connectivity index (χ2v) is 8.73. The van der Waals surface area contributed by atoms with Crippen LogP contribution in [-0.4, -0.2) is 28.0 Å². The number of nitrogens with one attached hydrogen (secondary N) is 2. The third-order valence-electron chi connectivity index (χ3n) is 5.17. The molecule has 0 aliphatic heterocycles. The van der Waals surface area contributed by atoms with E-state index in [1.165, 1.54) is 5.56 Å². The van der Waals surface area contributed by atoms with Crippen LogP contribution in [0.5, 0.6) is 0 Å². The number of aryl methyl sites for hydroxylation is 2. The molecule has 3 N–H and O–H groups in total. The summed E-state index contributed by atoms with van der Waals surface area (Å²) in [6.07, 6.45) is 1.60. The van der Waals surface area contributed by atoms with Crippen molar-refractivity contribution in [2.24, 2.45) is 0 Å². The fourth-order valence-electron chi connectivity index (χ4n) is 3.36. The first-order valence-corrected chi connectivity index (χ1v) is 11.5. The first-order valence-electron chi connectivity index (χ1n) is 10.3. The lowest BCUT2D eigenvalue weighted by atomic mass is 10.0. The summed E-state index contributed by atoms with van der Waals surface area (Å²) >= 11 is 0. The summed E-state index contributed by atoms with van der Waals surface area (Å²) in [7, 11) is -1.35. The van der Waals surface area contributed by atoms with Gasteiger partial charge in [0.2, 0.25) is 0 Å². The Morgan fingerprint density at radius 1 is 0.833 bits per heavy atom. The minimum Gasteiger partial charge on any atom is -0.395 e. The monoisotopic (exact) mass is 422 g/mol. The number of aliphatic hydroxyl groups is 1. The van der Waals surface area contributed by atoms with Gasteiger partial charge in [0.25, 0.3) is 0 Å². The summed E-state index contributed by atoms with van der Waals surface area (Å²) in [5, 5.41) is 13.5. The number of hydrogen-bond acceptors (Lipinski definition) is 3. The largest absolute Gasteiger partial charge is 0.395 e. The Morgan fingerprint density at radius 2 is 1.43 bits per heavy atom.